The molecule has 0 saturated carbocycles. The van der Waals surface area contributed by atoms with Crippen LogP contribution in [-0.4, -0.2) is 16.5 Å². The minimum atomic E-state index is 0.407. The summed E-state index contributed by atoms with van der Waals surface area (Å²) in [6.45, 7) is 1.04. The summed E-state index contributed by atoms with van der Waals surface area (Å²) < 4.78 is 0. The summed E-state index contributed by atoms with van der Waals surface area (Å²) in [6, 6.07) is 16.9. The van der Waals surface area contributed by atoms with Gasteiger partial charge in [0.25, 0.3) is 0 Å². The van der Waals surface area contributed by atoms with Gasteiger partial charge in [-0.2, -0.15) is 0 Å². The molecule has 3 aromatic rings. The van der Waals surface area contributed by atoms with Crippen LogP contribution in [-0.2, 0) is 0 Å². The number of nitrogen functional groups attached to an aromatic ring is 1. The zero-order chi connectivity index (χ0) is 14.2. The van der Waals surface area contributed by atoms with Crippen molar-refractivity contribution in [3.8, 4) is 0 Å². The average molecular weight is 278 g/mol. The maximum Gasteiger partial charge on any atom is 0.204 e. The number of nitrogens with zero attached hydrogens (tertiary/aromatic N) is 2. The van der Waals surface area contributed by atoms with Crippen molar-refractivity contribution in [1.29, 1.82) is 0 Å². The Kier molecular flexibility index (Phi) is 2.81. The fourth-order valence-corrected chi connectivity index (χ4v) is 3.19. The number of benzene rings is 2. The lowest BCUT2D eigenvalue weighted by molar-refractivity contribution is 0.706. The Hall–Kier alpha value is -2.49. The number of fused-ring (bicyclic) bond motifs is 1. The van der Waals surface area contributed by atoms with E-state index in [0.717, 1.165) is 29.2 Å². The first kappa shape index (κ1) is 12.3. The van der Waals surface area contributed by atoms with Crippen molar-refractivity contribution in [1.82, 2.24) is 9.97 Å². The van der Waals surface area contributed by atoms with Crippen LogP contribution in [0.3, 0.4) is 0 Å². The number of H-pyrrole nitrogens is 1. The van der Waals surface area contributed by atoms with Gasteiger partial charge in [0.1, 0.15) is 0 Å². The second-order valence-electron chi connectivity index (χ2n) is 5.60. The lowest BCUT2D eigenvalue weighted by Gasteiger charge is -2.24. The second kappa shape index (κ2) is 4.81. The highest BCUT2D eigenvalue weighted by molar-refractivity contribution is 5.81. The Morgan fingerprint density at radius 2 is 2.00 bits per heavy atom. The van der Waals surface area contributed by atoms with E-state index in [0.29, 0.717) is 6.04 Å². The highest BCUT2D eigenvalue weighted by Crippen LogP contribution is 2.35. The molecule has 0 bridgehead atoms. The van der Waals surface area contributed by atoms with Gasteiger partial charge in [0.15, 0.2) is 0 Å². The van der Waals surface area contributed by atoms with Crippen LogP contribution in [0.25, 0.3) is 11.0 Å². The molecule has 106 valence electrons. The average Bonchev–Trinajstić information content (AvgIpc) is 3.13. The van der Waals surface area contributed by atoms with Crippen molar-refractivity contribution < 1.29 is 0 Å². The largest absolute Gasteiger partial charge is 0.399 e. The fourth-order valence-electron chi connectivity index (χ4n) is 3.19. The maximum absolute atomic E-state index is 5.84. The van der Waals surface area contributed by atoms with E-state index < -0.39 is 0 Å². The third kappa shape index (κ3) is 2.13. The molecule has 0 aliphatic carbocycles. The quantitative estimate of drug-likeness (QED) is 0.705. The summed E-state index contributed by atoms with van der Waals surface area (Å²) in [4.78, 5) is 10.5. The van der Waals surface area contributed by atoms with E-state index in [-0.39, 0.29) is 0 Å². The van der Waals surface area contributed by atoms with Crippen molar-refractivity contribution in [2.75, 3.05) is 17.2 Å². The number of anilines is 2. The van der Waals surface area contributed by atoms with E-state index in [9.17, 15) is 0 Å². The number of hydrogen-bond acceptors (Lipinski definition) is 3. The zero-order valence-corrected chi connectivity index (χ0v) is 11.8. The van der Waals surface area contributed by atoms with Crippen LogP contribution in [0.4, 0.5) is 11.6 Å². The summed E-state index contributed by atoms with van der Waals surface area (Å²) >= 11 is 0. The topological polar surface area (TPSA) is 57.9 Å². The van der Waals surface area contributed by atoms with Gasteiger partial charge in [-0.3, -0.25) is 0 Å². The van der Waals surface area contributed by atoms with Gasteiger partial charge in [-0.05, 0) is 36.6 Å². The molecule has 0 amide bonds. The fraction of sp³-hybridized carbons (Fsp3) is 0.235. The molecule has 2 heterocycles. The number of nitrogens with one attached hydrogen (secondary N) is 1. The molecule has 1 fully saturated rings. The van der Waals surface area contributed by atoms with Crippen LogP contribution in [0.15, 0.2) is 48.5 Å². The van der Waals surface area contributed by atoms with Gasteiger partial charge < -0.3 is 15.6 Å². The molecule has 2 aromatic carbocycles. The predicted molar refractivity (Wildman–Crippen MR) is 86.3 cm³/mol. The minimum absolute atomic E-state index is 0.407. The Morgan fingerprint density at radius 1 is 1.14 bits per heavy atom. The number of imidazole rings is 1. The molecule has 0 radical (unpaired) electrons. The first-order chi connectivity index (χ1) is 10.3. The molecule has 1 aliphatic heterocycles. The van der Waals surface area contributed by atoms with Crippen LogP contribution in [0, 0.1) is 0 Å². The van der Waals surface area contributed by atoms with E-state index in [4.69, 9.17) is 10.7 Å². The van der Waals surface area contributed by atoms with Crippen LogP contribution in [0.1, 0.15) is 24.4 Å². The van der Waals surface area contributed by atoms with Gasteiger partial charge in [0.2, 0.25) is 5.95 Å². The molecule has 21 heavy (non-hydrogen) atoms. The molecule has 1 aliphatic rings. The molecule has 1 saturated heterocycles. The SMILES string of the molecule is Nc1ccc2nc(N3CCCC3c3ccccc3)[nH]c2c1. The van der Waals surface area contributed by atoms with Gasteiger partial charge >= 0.3 is 0 Å². The normalized spacial score (nSPS) is 18.5. The maximum atomic E-state index is 5.84. The number of aromatic nitrogens is 2. The van der Waals surface area contributed by atoms with Crippen molar-refractivity contribution in [3.63, 3.8) is 0 Å². The summed E-state index contributed by atoms with van der Waals surface area (Å²) in [5.41, 5.74) is 9.94. The summed E-state index contributed by atoms with van der Waals surface area (Å²) in [5.74, 6) is 0.946. The minimum Gasteiger partial charge on any atom is -0.399 e. The number of aromatic amines is 1. The van der Waals surface area contributed by atoms with E-state index >= 15 is 0 Å². The molecule has 4 rings (SSSR count). The van der Waals surface area contributed by atoms with Crippen molar-refractivity contribution >= 4 is 22.7 Å². The molecule has 1 unspecified atom stereocenters. The van der Waals surface area contributed by atoms with Gasteiger partial charge in [-0.1, -0.05) is 30.3 Å². The Morgan fingerprint density at radius 3 is 2.86 bits per heavy atom. The third-order valence-electron chi connectivity index (χ3n) is 4.20. The lowest BCUT2D eigenvalue weighted by atomic mass is 10.1. The molecule has 1 aromatic heterocycles. The summed E-state index contributed by atoms with van der Waals surface area (Å²) in [7, 11) is 0. The van der Waals surface area contributed by atoms with Gasteiger partial charge in [0, 0.05) is 12.2 Å². The first-order valence-electron chi connectivity index (χ1n) is 7.38. The van der Waals surface area contributed by atoms with Crippen molar-refractivity contribution in [2.24, 2.45) is 0 Å². The molecule has 1 atom stereocenters. The smallest absolute Gasteiger partial charge is 0.204 e. The molecular weight excluding hydrogens is 260 g/mol. The molecule has 0 spiro atoms. The predicted octanol–water partition coefficient (Wildman–Crippen LogP) is 3.49. The molecule has 4 heteroatoms. The van der Waals surface area contributed by atoms with Crippen LogP contribution in [0.2, 0.25) is 0 Å². The lowest BCUT2D eigenvalue weighted by Crippen LogP contribution is -2.23. The number of rotatable bonds is 2. The van der Waals surface area contributed by atoms with Gasteiger partial charge in [-0.25, -0.2) is 4.98 Å². The second-order valence-corrected chi connectivity index (χ2v) is 5.60. The molecular formula is C17H18N4. The van der Waals surface area contributed by atoms with E-state index in [2.05, 4.69) is 40.2 Å². The first-order valence-corrected chi connectivity index (χ1v) is 7.38. The van der Waals surface area contributed by atoms with Crippen LogP contribution in [0.5, 0.6) is 0 Å². The van der Waals surface area contributed by atoms with Crippen LogP contribution < -0.4 is 10.6 Å². The summed E-state index contributed by atoms with van der Waals surface area (Å²) in [6.07, 6.45) is 2.36. The molecule has 4 nitrogen and oxygen atoms in total. The molecule has 3 N–H and O–H groups in total. The highest BCUT2D eigenvalue weighted by Gasteiger charge is 2.28. The van der Waals surface area contributed by atoms with Gasteiger partial charge in [0.05, 0.1) is 17.1 Å². The zero-order valence-electron chi connectivity index (χ0n) is 11.8. The Balaban J connectivity index is 1.73. The van der Waals surface area contributed by atoms with E-state index in [1.807, 2.05) is 18.2 Å². The Labute approximate surface area is 123 Å². The summed E-state index contributed by atoms with van der Waals surface area (Å²) in [5, 5.41) is 0. The Bertz CT molecular complexity index is 763. The monoisotopic (exact) mass is 278 g/mol. The van der Waals surface area contributed by atoms with E-state index in [1.165, 1.54) is 18.4 Å². The van der Waals surface area contributed by atoms with Crippen molar-refractivity contribution in [2.45, 2.75) is 18.9 Å². The number of hydrogen-bond donors (Lipinski definition) is 2. The van der Waals surface area contributed by atoms with Crippen molar-refractivity contribution in [3.05, 3.63) is 54.1 Å². The standard InChI is InChI=1S/C17H18N4/c18-13-8-9-14-15(11-13)20-17(19-14)21-10-4-7-16(21)12-5-2-1-3-6-12/h1-3,5-6,8-9,11,16H,4,7,10,18H2,(H,19,20). The highest BCUT2D eigenvalue weighted by atomic mass is 15.3. The third-order valence-corrected chi connectivity index (χ3v) is 4.20. The van der Waals surface area contributed by atoms with Crippen LogP contribution >= 0.6 is 0 Å². The van der Waals surface area contributed by atoms with E-state index in [1.54, 1.807) is 0 Å². The van der Waals surface area contributed by atoms with Gasteiger partial charge in [-0.15, -0.1) is 0 Å². The number of nitrogens with two attached hydrogens (primary N) is 1.